The molecule has 0 saturated carbocycles. The van der Waals surface area contributed by atoms with Crippen molar-refractivity contribution < 1.29 is 0 Å². The van der Waals surface area contributed by atoms with Crippen molar-refractivity contribution in [1.29, 1.82) is 0 Å². The summed E-state index contributed by atoms with van der Waals surface area (Å²) in [6, 6.07) is 0. The summed E-state index contributed by atoms with van der Waals surface area (Å²) in [7, 11) is 0. The van der Waals surface area contributed by atoms with Gasteiger partial charge < -0.3 is 0 Å². The molecular weight excluding hydrogens is 192 g/mol. The second kappa shape index (κ2) is 4.77. The van der Waals surface area contributed by atoms with Crippen LogP contribution in [0.4, 0.5) is 0 Å². The van der Waals surface area contributed by atoms with Gasteiger partial charge in [-0.1, -0.05) is 52.7 Å². The van der Waals surface area contributed by atoms with Gasteiger partial charge in [0.2, 0.25) is 0 Å². The van der Waals surface area contributed by atoms with Crippen LogP contribution in [-0.2, 0) is 0 Å². The van der Waals surface area contributed by atoms with Crippen molar-refractivity contribution in [2.75, 3.05) is 0 Å². The molecule has 0 amide bonds. The van der Waals surface area contributed by atoms with Crippen LogP contribution in [0.5, 0.6) is 0 Å². The molecule has 1 rings (SSSR count). The zero-order chi connectivity index (χ0) is 12.6. The zero-order valence-corrected chi connectivity index (χ0v) is 12.3. The van der Waals surface area contributed by atoms with E-state index in [0.29, 0.717) is 17.8 Å². The van der Waals surface area contributed by atoms with Gasteiger partial charge in [-0.25, -0.2) is 0 Å². The topological polar surface area (TPSA) is 0 Å². The molecule has 0 aromatic rings. The van der Waals surface area contributed by atoms with Gasteiger partial charge in [-0.2, -0.15) is 0 Å². The minimum atomic E-state index is 0.664. The maximum atomic E-state index is 2.35. The van der Waals surface area contributed by atoms with E-state index in [0.717, 1.165) is 5.92 Å². The largest absolute Gasteiger partial charge is 0.0621 e. The van der Waals surface area contributed by atoms with E-state index in [9.17, 15) is 0 Å². The lowest BCUT2D eigenvalue weighted by atomic mass is 9.80. The fourth-order valence-corrected chi connectivity index (χ4v) is 3.62. The molecule has 0 nitrogen and oxygen atoms in total. The van der Waals surface area contributed by atoms with Crippen LogP contribution in [0, 0.1) is 23.7 Å². The molecule has 16 heavy (non-hydrogen) atoms. The van der Waals surface area contributed by atoms with E-state index in [-0.39, 0.29) is 0 Å². The molecule has 0 aliphatic heterocycles. The van der Waals surface area contributed by atoms with Gasteiger partial charge in [-0.05, 0) is 42.7 Å². The Balaban J connectivity index is 3.29. The molecule has 0 N–H and O–H groups in total. The minimum absolute atomic E-state index is 0.664. The van der Waals surface area contributed by atoms with Crippen molar-refractivity contribution in [2.24, 2.45) is 23.7 Å². The monoisotopic (exact) mass is 220 g/mol. The van der Waals surface area contributed by atoms with E-state index in [4.69, 9.17) is 0 Å². The van der Waals surface area contributed by atoms with E-state index in [1.54, 1.807) is 22.3 Å². The lowest BCUT2D eigenvalue weighted by molar-refractivity contribution is 0.469. The summed E-state index contributed by atoms with van der Waals surface area (Å²) < 4.78 is 0. The van der Waals surface area contributed by atoms with Crippen molar-refractivity contribution in [1.82, 2.24) is 0 Å². The Morgan fingerprint density at radius 1 is 0.812 bits per heavy atom. The fraction of sp³-hybridized carbons (Fsp3) is 0.750. The van der Waals surface area contributed by atoms with E-state index in [2.05, 4.69) is 55.4 Å². The van der Waals surface area contributed by atoms with Crippen LogP contribution >= 0.6 is 0 Å². The van der Waals surface area contributed by atoms with Gasteiger partial charge in [-0.3, -0.25) is 0 Å². The highest BCUT2D eigenvalue weighted by Gasteiger charge is 2.33. The molecule has 1 aliphatic rings. The van der Waals surface area contributed by atoms with Crippen LogP contribution in [0.1, 0.15) is 55.4 Å². The highest BCUT2D eigenvalue weighted by molar-refractivity contribution is 5.49. The first-order valence-corrected chi connectivity index (χ1v) is 6.70. The maximum absolute atomic E-state index is 2.35. The third-order valence-corrected chi connectivity index (χ3v) is 3.93. The first-order chi connectivity index (χ1) is 7.29. The van der Waals surface area contributed by atoms with Crippen LogP contribution in [0.15, 0.2) is 22.3 Å². The number of hydrogen-bond acceptors (Lipinski definition) is 0. The SMILES string of the molecule is CC1=C(C(C)C)C(C(C)C)C(C)=C1C(C)C. The van der Waals surface area contributed by atoms with Gasteiger partial charge >= 0.3 is 0 Å². The summed E-state index contributed by atoms with van der Waals surface area (Å²) in [6.45, 7) is 18.7. The molecule has 1 unspecified atom stereocenters. The number of rotatable bonds is 3. The minimum Gasteiger partial charge on any atom is -0.0621 e. The molecule has 0 heteroatoms. The molecule has 1 aliphatic carbocycles. The summed E-state index contributed by atoms with van der Waals surface area (Å²) in [5.41, 5.74) is 6.53. The summed E-state index contributed by atoms with van der Waals surface area (Å²) in [6.07, 6.45) is 0. The van der Waals surface area contributed by atoms with Gasteiger partial charge in [0.15, 0.2) is 0 Å². The highest BCUT2D eigenvalue weighted by atomic mass is 14.4. The fourth-order valence-electron chi connectivity index (χ4n) is 3.62. The average molecular weight is 220 g/mol. The van der Waals surface area contributed by atoms with Crippen molar-refractivity contribution >= 4 is 0 Å². The Bertz CT molecular complexity index is 324. The van der Waals surface area contributed by atoms with Gasteiger partial charge in [0.25, 0.3) is 0 Å². The predicted octanol–water partition coefficient (Wildman–Crippen LogP) is 5.22. The van der Waals surface area contributed by atoms with Crippen LogP contribution < -0.4 is 0 Å². The molecule has 1 atom stereocenters. The summed E-state index contributed by atoms with van der Waals surface area (Å²) in [4.78, 5) is 0. The smallest absolute Gasteiger partial charge is 0.00416 e. The molecule has 0 aromatic heterocycles. The number of hydrogen-bond donors (Lipinski definition) is 0. The summed E-state index contributed by atoms with van der Waals surface area (Å²) in [5.74, 6) is 2.76. The van der Waals surface area contributed by atoms with Gasteiger partial charge in [-0.15, -0.1) is 0 Å². The maximum Gasteiger partial charge on any atom is 0.00416 e. The van der Waals surface area contributed by atoms with Gasteiger partial charge in [0, 0.05) is 5.92 Å². The van der Waals surface area contributed by atoms with Crippen molar-refractivity contribution in [3.05, 3.63) is 22.3 Å². The van der Waals surface area contributed by atoms with E-state index < -0.39 is 0 Å². The van der Waals surface area contributed by atoms with Crippen LogP contribution in [0.2, 0.25) is 0 Å². The molecule has 92 valence electrons. The Kier molecular flexibility index (Phi) is 4.04. The second-order valence-corrected chi connectivity index (χ2v) is 6.21. The van der Waals surface area contributed by atoms with Crippen molar-refractivity contribution in [3.8, 4) is 0 Å². The lowest BCUT2D eigenvalue weighted by Crippen LogP contribution is -2.14. The molecule has 0 heterocycles. The highest BCUT2D eigenvalue weighted by Crippen LogP contribution is 2.46. The third-order valence-electron chi connectivity index (χ3n) is 3.93. The third kappa shape index (κ3) is 2.12. The quantitative estimate of drug-likeness (QED) is 0.612. The second-order valence-electron chi connectivity index (χ2n) is 6.21. The van der Waals surface area contributed by atoms with Gasteiger partial charge in [0.1, 0.15) is 0 Å². The Labute approximate surface area is 102 Å². The molecule has 0 spiro atoms. The van der Waals surface area contributed by atoms with Crippen molar-refractivity contribution in [3.63, 3.8) is 0 Å². The molecule has 0 aromatic carbocycles. The average Bonchev–Trinajstić information content (AvgIpc) is 2.36. The zero-order valence-electron chi connectivity index (χ0n) is 12.3. The van der Waals surface area contributed by atoms with Crippen LogP contribution in [0.3, 0.4) is 0 Å². The molecule has 0 saturated heterocycles. The molecule has 0 radical (unpaired) electrons. The molecule has 0 bridgehead atoms. The lowest BCUT2D eigenvalue weighted by Gasteiger charge is -2.24. The molecule has 0 fully saturated rings. The molecular formula is C16H28. The Hall–Kier alpha value is -0.520. The van der Waals surface area contributed by atoms with Gasteiger partial charge in [0.05, 0.1) is 0 Å². The number of allylic oxidation sites excluding steroid dienone is 4. The van der Waals surface area contributed by atoms with Crippen LogP contribution in [0.25, 0.3) is 0 Å². The van der Waals surface area contributed by atoms with E-state index in [1.807, 2.05) is 0 Å². The normalized spacial score (nSPS) is 22.3. The predicted molar refractivity (Wildman–Crippen MR) is 73.4 cm³/mol. The van der Waals surface area contributed by atoms with E-state index in [1.165, 1.54) is 0 Å². The standard InChI is InChI=1S/C16H28/c1-9(2)14-12(7)15(10(3)4)16(11(5)6)13(14)8/h9-11,15H,1-8H3. The Morgan fingerprint density at radius 2 is 1.31 bits per heavy atom. The summed E-state index contributed by atoms with van der Waals surface area (Å²) in [5, 5.41) is 0. The first-order valence-electron chi connectivity index (χ1n) is 6.70. The summed E-state index contributed by atoms with van der Waals surface area (Å²) >= 11 is 0. The van der Waals surface area contributed by atoms with Crippen molar-refractivity contribution in [2.45, 2.75) is 55.4 Å². The Morgan fingerprint density at radius 3 is 1.56 bits per heavy atom. The first kappa shape index (κ1) is 13.5. The van der Waals surface area contributed by atoms with Crippen LogP contribution in [-0.4, -0.2) is 0 Å². The van der Waals surface area contributed by atoms with E-state index >= 15 is 0 Å².